The van der Waals surface area contributed by atoms with Gasteiger partial charge >= 0.3 is 0 Å². The van der Waals surface area contributed by atoms with Crippen LogP contribution in [0.15, 0.2) is 60.7 Å². The summed E-state index contributed by atoms with van der Waals surface area (Å²) >= 11 is 1.81. The Hall–Kier alpha value is -1.29. The van der Waals surface area contributed by atoms with E-state index in [1.54, 1.807) is 0 Å². The van der Waals surface area contributed by atoms with Gasteiger partial charge in [-0.2, -0.15) is 0 Å². The largest absolute Gasteiger partial charge is 0.395 e. The molecule has 0 aromatic heterocycles. The Kier molecular flexibility index (Phi) is 6.30. The van der Waals surface area contributed by atoms with Gasteiger partial charge in [-0.15, -0.1) is 11.8 Å². The Balaban J connectivity index is 2.33. The molecule has 2 rings (SSSR count). The van der Waals surface area contributed by atoms with Crippen molar-refractivity contribution in [2.75, 3.05) is 13.7 Å². The molecule has 3 heteroatoms. The van der Waals surface area contributed by atoms with Gasteiger partial charge < -0.3 is 10.4 Å². The SMILES string of the molecule is CNC(c1ccccc1)C(SC(C)CO)c1ccccc1. The highest BCUT2D eigenvalue weighted by Gasteiger charge is 2.25. The molecule has 21 heavy (non-hydrogen) atoms. The fourth-order valence-corrected chi connectivity index (χ4v) is 3.79. The molecule has 3 unspecified atom stereocenters. The van der Waals surface area contributed by atoms with E-state index in [9.17, 15) is 5.11 Å². The van der Waals surface area contributed by atoms with Crippen molar-refractivity contribution in [3.63, 3.8) is 0 Å². The molecule has 2 N–H and O–H groups in total. The van der Waals surface area contributed by atoms with Crippen molar-refractivity contribution in [1.82, 2.24) is 5.32 Å². The number of hydrogen-bond acceptors (Lipinski definition) is 3. The van der Waals surface area contributed by atoms with Gasteiger partial charge in [-0.25, -0.2) is 0 Å². The average Bonchev–Trinajstić information content (AvgIpc) is 2.56. The van der Waals surface area contributed by atoms with Crippen molar-refractivity contribution >= 4 is 11.8 Å². The summed E-state index contributed by atoms with van der Waals surface area (Å²) in [6.07, 6.45) is 0. The van der Waals surface area contributed by atoms with Gasteiger partial charge in [-0.05, 0) is 18.2 Å². The minimum absolute atomic E-state index is 0.194. The van der Waals surface area contributed by atoms with E-state index >= 15 is 0 Å². The lowest BCUT2D eigenvalue weighted by Gasteiger charge is -2.29. The minimum atomic E-state index is 0.194. The van der Waals surface area contributed by atoms with Crippen LogP contribution >= 0.6 is 11.8 Å². The molecule has 0 radical (unpaired) electrons. The van der Waals surface area contributed by atoms with Crippen LogP contribution in [-0.4, -0.2) is 24.0 Å². The Morgan fingerprint density at radius 3 is 1.95 bits per heavy atom. The van der Waals surface area contributed by atoms with Crippen LogP contribution in [0.5, 0.6) is 0 Å². The number of likely N-dealkylation sites (N-methyl/N-ethyl adjacent to an activating group) is 1. The minimum Gasteiger partial charge on any atom is -0.395 e. The molecule has 0 saturated heterocycles. The molecule has 2 aromatic carbocycles. The zero-order chi connectivity index (χ0) is 15.1. The topological polar surface area (TPSA) is 32.3 Å². The zero-order valence-electron chi connectivity index (χ0n) is 12.6. The summed E-state index contributed by atoms with van der Waals surface area (Å²) in [6, 6.07) is 21.2. The molecular formula is C18H23NOS. The number of aliphatic hydroxyl groups is 1. The maximum absolute atomic E-state index is 9.41. The van der Waals surface area contributed by atoms with E-state index in [-0.39, 0.29) is 23.1 Å². The van der Waals surface area contributed by atoms with Gasteiger partial charge in [0.2, 0.25) is 0 Å². The fraction of sp³-hybridized carbons (Fsp3) is 0.333. The van der Waals surface area contributed by atoms with Crippen molar-refractivity contribution in [3.05, 3.63) is 71.8 Å². The highest BCUT2D eigenvalue weighted by atomic mass is 32.2. The van der Waals surface area contributed by atoms with Gasteiger partial charge in [0.15, 0.2) is 0 Å². The molecule has 112 valence electrons. The lowest BCUT2D eigenvalue weighted by Crippen LogP contribution is -2.24. The van der Waals surface area contributed by atoms with Crippen LogP contribution in [0, 0.1) is 0 Å². The lowest BCUT2D eigenvalue weighted by atomic mass is 9.98. The summed E-state index contributed by atoms with van der Waals surface area (Å²) in [7, 11) is 2.00. The van der Waals surface area contributed by atoms with Crippen LogP contribution in [0.4, 0.5) is 0 Å². The van der Waals surface area contributed by atoms with Gasteiger partial charge in [0.1, 0.15) is 0 Å². The molecule has 0 heterocycles. The molecular weight excluding hydrogens is 278 g/mol. The summed E-state index contributed by atoms with van der Waals surface area (Å²) in [5, 5.41) is 13.3. The molecule has 0 spiro atoms. The maximum Gasteiger partial charge on any atom is 0.0547 e. The van der Waals surface area contributed by atoms with Crippen molar-refractivity contribution in [1.29, 1.82) is 0 Å². The third-order valence-corrected chi connectivity index (χ3v) is 4.99. The molecule has 0 bridgehead atoms. The molecule has 0 saturated carbocycles. The van der Waals surface area contributed by atoms with Crippen LogP contribution in [0.25, 0.3) is 0 Å². The number of thioether (sulfide) groups is 1. The molecule has 0 fully saturated rings. The van der Waals surface area contributed by atoms with Crippen LogP contribution < -0.4 is 5.32 Å². The summed E-state index contributed by atoms with van der Waals surface area (Å²) in [4.78, 5) is 0. The summed E-state index contributed by atoms with van der Waals surface area (Å²) in [5.41, 5.74) is 2.55. The molecule has 0 aliphatic heterocycles. The van der Waals surface area contributed by atoms with Crippen LogP contribution in [0.3, 0.4) is 0 Å². The van der Waals surface area contributed by atoms with E-state index in [1.165, 1.54) is 11.1 Å². The Morgan fingerprint density at radius 1 is 0.952 bits per heavy atom. The van der Waals surface area contributed by atoms with Gasteiger partial charge in [0, 0.05) is 16.5 Å². The smallest absolute Gasteiger partial charge is 0.0547 e. The number of rotatable bonds is 7. The van der Waals surface area contributed by atoms with Crippen molar-refractivity contribution in [2.45, 2.75) is 23.5 Å². The first-order chi connectivity index (χ1) is 10.3. The van der Waals surface area contributed by atoms with E-state index in [2.05, 4.69) is 60.8 Å². The summed E-state index contributed by atoms with van der Waals surface area (Å²) in [5.74, 6) is 0. The van der Waals surface area contributed by atoms with Crippen molar-refractivity contribution < 1.29 is 5.11 Å². The number of hydrogen-bond donors (Lipinski definition) is 2. The van der Waals surface area contributed by atoms with Crippen LogP contribution in [0.2, 0.25) is 0 Å². The third kappa shape index (κ3) is 4.34. The zero-order valence-corrected chi connectivity index (χ0v) is 13.4. The van der Waals surface area contributed by atoms with Gasteiger partial charge in [0.25, 0.3) is 0 Å². The molecule has 0 aliphatic rings. The summed E-state index contributed by atoms with van der Waals surface area (Å²) < 4.78 is 0. The average molecular weight is 301 g/mol. The van der Waals surface area contributed by atoms with E-state index in [0.29, 0.717) is 0 Å². The second kappa shape index (κ2) is 8.23. The second-order valence-electron chi connectivity index (χ2n) is 5.14. The Morgan fingerprint density at radius 2 is 1.48 bits per heavy atom. The lowest BCUT2D eigenvalue weighted by molar-refractivity contribution is 0.299. The third-order valence-electron chi connectivity index (χ3n) is 3.54. The molecule has 2 aromatic rings. The predicted octanol–water partition coefficient (Wildman–Crippen LogP) is 3.80. The predicted molar refractivity (Wildman–Crippen MR) is 91.6 cm³/mol. The number of benzene rings is 2. The van der Waals surface area contributed by atoms with Crippen molar-refractivity contribution in [3.8, 4) is 0 Å². The first-order valence-electron chi connectivity index (χ1n) is 7.29. The van der Waals surface area contributed by atoms with Gasteiger partial charge in [0.05, 0.1) is 6.61 Å². The monoisotopic (exact) mass is 301 g/mol. The van der Waals surface area contributed by atoms with E-state index < -0.39 is 0 Å². The molecule has 0 amide bonds. The number of nitrogens with one attached hydrogen (secondary N) is 1. The van der Waals surface area contributed by atoms with Gasteiger partial charge in [-0.3, -0.25) is 0 Å². The van der Waals surface area contributed by atoms with Gasteiger partial charge in [-0.1, -0.05) is 67.6 Å². The standard InChI is InChI=1S/C18H23NOS/c1-14(13-20)21-18(16-11-7-4-8-12-16)17(19-2)15-9-5-3-6-10-15/h3-12,14,17-20H,13H2,1-2H3. The van der Waals surface area contributed by atoms with E-state index in [4.69, 9.17) is 0 Å². The first-order valence-corrected chi connectivity index (χ1v) is 8.24. The quantitative estimate of drug-likeness (QED) is 0.816. The second-order valence-corrected chi connectivity index (χ2v) is 6.72. The molecule has 3 atom stereocenters. The maximum atomic E-state index is 9.41. The molecule has 0 aliphatic carbocycles. The first kappa shape index (κ1) is 16.1. The number of aliphatic hydroxyl groups excluding tert-OH is 1. The Bertz CT molecular complexity index is 517. The van der Waals surface area contributed by atoms with Crippen LogP contribution in [-0.2, 0) is 0 Å². The van der Waals surface area contributed by atoms with E-state index in [0.717, 1.165) is 0 Å². The summed E-state index contributed by atoms with van der Waals surface area (Å²) in [6.45, 7) is 2.26. The Labute approximate surface area is 131 Å². The van der Waals surface area contributed by atoms with Crippen molar-refractivity contribution in [2.24, 2.45) is 0 Å². The normalized spacial score (nSPS) is 15.4. The highest BCUT2D eigenvalue weighted by molar-refractivity contribution is 8.00. The molecule has 2 nitrogen and oxygen atoms in total. The van der Waals surface area contributed by atoms with Crippen LogP contribution in [0.1, 0.15) is 29.3 Å². The van der Waals surface area contributed by atoms with E-state index in [1.807, 2.05) is 30.9 Å². The highest BCUT2D eigenvalue weighted by Crippen LogP contribution is 2.41. The fourth-order valence-electron chi connectivity index (χ4n) is 2.44.